The van der Waals surface area contributed by atoms with Gasteiger partial charge in [-0.25, -0.2) is 0 Å². The minimum atomic E-state index is -0.949. The van der Waals surface area contributed by atoms with Crippen molar-refractivity contribution in [2.45, 2.75) is 38.1 Å². The third-order valence-electron chi connectivity index (χ3n) is 3.85. The van der Waals surface area contributed by atoms with E-state index in [1.807, 2.05) is 0 Å². The number of ether oxygens (including phenoxy) is 2. The molecular weight excluding hydrogens is 298 g/mol. The number of hydrogen-bond acceptors (Lipinski definition) is 4. The molecule has 6 nitrogen and oxygen atoms in total. The van der Waals surface area contributed by atoms with E-state index in [4.69, 9.17) is 14.6 Å². The molecule has 0 aliphatic carbocycles. The van der Waals surface area contributed by atoms with Crippen LogP contribution in [0.25, 0.3) is 0 Å². The zero-order valence-electron chi connectivity index (χ0n) is 13.3. The van der Waals surface area contributed by atoms with Crippen molar-refractivity contribution in [2.75, 3.05) is 19.8 Å². The third kappa shape index (κ3) is 4.96. The standard InChI is InChI=1S/C17H23NO5/c1-2-3-9-23-14-6-4-13(5-7-14)16(21)18-17(11-15(19)20)8-10-22-12-17/h4-7H,2-3,8-12H2,1H3,(H,18,21)(H,19,20). The minimum Gasteiger partial charge on any atom is -0.494 e. The molecule has 1 fully saturated rings. The van der Waals surface area contributed by atoms with Crippen LogP contribution in [0.4, 0.5) is 0 Å². The number of unbranched alkanes of at least 4 members (excludes halogenated alkanes) is 1. The Labute approximate surface area is 135 Å². The summed E-state index contributed by atoms with van der Waals surface area (Å²) in [7, 11) is 0. The van der Waals surface area contributed by atoms with Gasteiger partial charge in [-0.2, -0.15) is 0 Å². The van der Waals surface area contributed by atoms with Gasteiger partial charge in [0.1, 0.15) is 5.75 Å². The van der Waals surface area contributed by atoms with Crippen molar-refractivity contribution >= 4 is 11.9 Å². The molecule has 6 heteroatoms. The number of hydrogen-bond donors (Lipinski definition) is 2. The maximum absolute atomic E-state index is 12.4. The Morgan fingerprint density at radius 1 is 1.35 bits per heavy atom. The number of carboxylic acid groups (broad SMARTS) is 1. The van der Waals surface area contributed by atoms with E-state index in [-0.39, 0.29) is 18.9 Å². The number of benzene rings is 1. The van der Waals surface area contributed by atoms with Crippen LogP contribution in [0.3, 0.4) is 0 Å². The second-order valence-electron chi connectivity index (χ2n) is 5.83. The molecule has 0 saturated carbocycles. The van der Waals surface area contributed by atoms with Crippen molar-refractivity contribution in [1.29, 1.82) is 0 Å². The number of amides is 1. The zero-order valence-corrected chi connectivity index (χ0v) is 13.3. The van der Waals surface area contributed by atoms with Crippen LogP contribution < -0.4 is 10.1 Å². The Morgan fingerprint density at radius 2 is 2.09 bits per heavy atom. The summed E-state index contributed by atoms with van der Waals surface area (Å²) in [5, 5.41) is 11.9. The Hall–Kier alpha value is -2.08. The van der Waals surface area contributed by atoms with Gasteiger partial charge in [0, 0.05) is 12.2 Å². The highest BCUT2D eigenvalue weighted by Gasteiger charge is 2.38. The lowest BCUT2D eigenvalue weighted by Crippen LogP contribution is -2.50. The average Bonchev–Trinajstić information content (AvgIpc) is 2.95. The van der Waals surface area contributed by atoms with Crippen LogP contribution in [0, 0.1) is 0 Å². The second kappa shape index (κ2) is 7.97. The Kier molecular flexibility index (Phi) is 5.98. The normalized spacial score (nSPS) is 20.2. The topological polar surface area (TPSA) is 84.9 Å². The maximum Gasteiger partial charge on any atom is 0.305 e. The summed E-state index contributed by atoms with van der Waals surface area (Å²) in [5.74, 6) is -0.522. The largest absolute Gasteiger partial charge is 0.494 e. The zero-order chi connectivity index (χ0) is 16.7. The fourth-order valence-corrected chi connectivity index (χ4v) is 2.53. The highest BCUT2D eigenvalue weighted by molar-refractivity contribution is 5.95. The molecule has 1 aromatic carbocycles. The Bertz CT molecular complexity index is 534. The van der Waals surface area contributed by atoms with Crippen molar-refractivity contribution in [2.24, 2.45) is 0 Å². The molecule has 0 bridgehead atoms. The van der Waals surface area contributed by atoms with E-state index in [1.165, 1.54) is 0 Å². The van der Waals surface area contributed by atoms with E-state index in [2.05, 4.69) is 12.2 Å². The van der Waals surface area contributed by atoms with Crippen molar-refractivity contribution in [1.82, 2.24) is 5.32 Å². The molecule has 1 amide bonds. The molecule has 1 heterocycles. The molecule has 2 rings (SSSR count). The van der Waals surface area contributed by atoms with Crippen LogP contribution in [-0.4, -0.2) is 42.3 Å². The molecule has 0 spiro atoms. The van der Waals surface area contributed by atoms with Gasteiger partial charge in [-0.1, -0.05) is 13.3 Å². The molecule has 1 atom stereocenters. The van der Waals surface area contributed by atoms with E-state index in [1.54, 1.807) is 24.3 Å². The van der Waals surface area contributed by atoms with Crippen LogP contribution >= 0.6 is 0 Å². The molecule has 0 radical (unpaired) electrons. The van der Waals surface area contributed by atoms with Gasteiger partial charge < -0.3 is 19.9 Å². The molecule has 1 saturated heterocycles. The van der Waals surface area contributed by atoms with Crippen LogP contribution in [0.2, 0.25) is 0 Å². The summed E-state index contributed by atoms with van der Waals surface area (Å²) >= 11 is 0. The smallest absolute Gasteiger partial charge is 0.305 e. The van der Waals surface area contributed by atoms with Gasteiger partial charge in [0.2, 0.25) is 0 Å². The molecule has 1 aliphatic heterocycles. The van der Waals surface area contributed by atoms with Crippen LogP contribution in [-0.2, 0) is 9.53 Å². The third-order valence-corrected chi connectivity index (χ3v) is 3.85. The first-order valence-electron chi connectivity index (χ1n) is 7.89. The fourth-order valence-electron chi connectivity index (χ4n) is 2.53. The van der Waals surface area contributed by atoms with E-state index >= 15 is 0 Å². The second-order valence-corrected chi connectivity index (χ2v) is 5.83. The van der Waals surface area contributed by atoms with Gasteiger partial charge in [0.05, 0.1) is 25.2 Å². The van der Waals surface area contributed by atoms with Crippen LogP contribution in [0.15, 0.2) is 24.3 Å². The predicted octanol–water partition coefficient (Wildman–Crippen LogP) is 2.23. The number of carbonyl (C=O) groups is 2. The number of aliphatic carboxylic acids is 1. The first kappa shape index (κ1) is 17.3. The van der Waals surface area contributed by atoms with Gasteiger partial charge in [-0.3, -0.25) is 9.59 Å². The Morgan fingerprint density at radius 3 is 2.65 bits per heavy atom. The lowest BCUT2D eigenvalue weighted by atomic mass is 9.93. The average molecular weight is 321 g/mol. The molecule has 0 aromatic heterocycles. The van der Waals surface area contributed by atoms with Gasteiger partial charge in [-0.05, 0) is 37.1 Å². The molecular formula is C17H23NO5. The molecule has 1 aromatic rings. The fraction of sp³-hybridized carbons (Fsp3) is 0.529. The number of nitrogens with one attached hydrogen (secondary N) is 1. The first-order chi connectivity index (χ1) is 11.0. The highest BCUT2D eigenvalue weighted by atomic mass is 16.5. The molecule has 1 aliphatic rings. The Balaban J connectivity index is 1.97. The molecule has 126 valence electrons. The van der Waals surface area contributed by atoms with E-state index < -0.39 is 11.5 Å². The quantitative estimate of drug-likeness (QED) is 0.717. The molecule has 1 unspecified atom stereocenters. The molecule has 2 N–H and O–H groups in total. The van der Waals surface area contributed by atoms with E-state index in [0.717, 1.165) is 18.6 Å². The van der Waals surface area contributed by atoms with Gasteiger partial charge in [0.15, 0.2) is 0 Å². The van der Waals surface area contributed by atoms with Crippen molar-refractivity contribution in [3.8, 4) is 5.75 Å². The van der Waals surface area contributed by atoms with E-state index in [9.17, 15) is 9.59 Å². The number of carbonyl (C=O) groups excluding carboxylic acids is 1. The highest BCUT2D eigenvalue weighted by Crippen LogP contribution is 2.23. The first-order valence-corrected chi connectivity index (χ1v) is 7.89. The number of rotatable bonds is 8. The number of carboxylic acids is 1. The summed E-state index contributed by atoms with van der Waals surface area (Å²) in [6.07, 6.45) is 2.41. The lowest BCUT2D eigenvalue weighted by molar-refractivity contribution is -0.138. The predicted molar refractivity (Wildman–Crippen MR) is 84.7 cm³/mol. The van der Waals surface area contributed by atoms with Gasteiger partial charge in [-0.15, -0.1) is 0 Å². The summed E-state index contributed by atoms with van der Waals surface area (Å²) in [5.41, 5.74) is -0.344. The van der Waals surface area contributed by atoms with Crippen LogP contribution in [0.1, 0.15) is 43.0 Å². The SMILES string of the molecule is CCCCOc1ccc(C(=O)NC2(CC(=O)O)CCOC2)cc1. The summed E-state index contributed by atoms with van der Waals surface area (Å²) in [6.45, 7) is 3.43. The van der Waals surface area contributed by atoms with Gasteiger partial charge >= 0.3 is 5.97 Å². The lowest BCUT2D eigenvalue weighted by Gasteiger charge is -2.27. The minimum absolute atomic E-state index is 0.142. The summed E-state index contributed by atoms with van der Waals surface area (Å²) in [6, 6.07) is 6.86. The van der Waals surface area contributed by atoms with Gasteiger partial charge in [0.25, 0.3) is 5.91 Å². The maximum atomic E-state index is 12.4. The molecule has 23 heavy (non-hydrogen) atoms. The van der Waals surface area contributed by atoms with Crippen LogP contribution in [0.5, 0.6) is 5.75 Å². The van der Waals surface area contributed by atoms with Crippen molar-refractivity contribution in [3.63, 3.8) is 0 Å². The van der Waals surface area contributed by atoms with E-state index in [0.29, 0.717) is 25.2 Å². The summed E-state index contributed by atoms with van der Waals surface area (Å²) < 4.78 is 10.8. The summed E-state index contributed by atoms with van der Waals surface area (Å²) in [4.78, 5) is 23.4. The monoisotopic (exact) mass is 321 g/mol. The van der Waals surface area contributed by atoms with Crippen molar-refractivity contribution < 1.29 is 24.2 Å². The van der Waals surface area contributed by atoms with Crippen molar-refractivity contribution in [3.05, 3.63) is 29.8 Å².